The fraction of sp³-hybridized carbons (Fsp3) is 0.625. The minimum atomic E-state index is -0.228. The lowest BCUT2D eigenvalue weighted by molar-refractivity contribution is -0.117. The lowest BCUT2D eigenvalue weighted by Crippen LogP contribution is -2.26. The first-order chi connectivity index (χ1) is 17.5. The SMILES string of the molecule is CCC(C)(c1ccc(OC(C)OC2CCCCC2)cc1)c1ccc(OC(C)OC2CCCCC2)cc1. The van der Waals surface area contributed by atoms with Crippen LogP contribution in [0.4, 0.5) is 0 Å². The molecule has 4 nitrogen and oxygen atoms in total. The first-order valence-electron chi connectivity index (χ1n) is 14.3. The van der Waals surface area contributed by atoms with Crippen molar-refractivity contribution in [1.29, 1.82) is 0 Å². The van der Waals surface area contributed by atoms with Crippen LogP contribution >= 0.6 is 0 Å². The van der Waals surface area contributed by atoms with Gasteiger partial charge in [-0.1, -0.05) is 76.6 Å². The summed E-state index contributed by atoms with van der Waals surface area (Å²) in [4.78, 5) is 0. The molecule has 36 heavy (non-hydrogen) atoms. The van der Waals surface area contributed by atoms with Gasteiger partial charge in [-0.2, -0.15) is 0 Å². The molecule has 0 aliphatic heterocycles. The van der Waals surface area contributed by atoms with E-state index in [1.54, 1.807) is 0 Å². The Balaban J connectivity index is 1.34. The van der Waals surface area contributed by atoms with E-state index in [-0.39, 0.29) is 18.0 Å². The van der Waals surface area contributed by atoms with Crippen LogP contribution in [0.5, 0.6) is 11.5 Å². The highest BCUT2D eigenvalue weighted by Crippen LogP contribution is 2.37. The van der Waals surface area contributed by atoms with Crippen LogP contribution in [-0.2, 0) is 14.9 Å². The quantitative estimate of drug-likeness (QED) is 0.293. The van der Waals surface area contributed by atoms with Gasteiger partial charge in [-0.25, -0.2) is 0 Å². The van der Waals surface area contributed by atoms with Crippen molar-refractivity contribution in [3.63, 3.8) is 0 Å². The molecule has 2 unspecified atom stereocenters. The Morgan fingerprint density at radius 2 is 1.00 bits per heavy atom. The number of rotatable bonds is 11. The Labute approximate surface area is 218 Å². The molecular weight excluding hydrogens is 448 g/mol. The van der Waals surface area contributed by atoms with Crippen molar-refractivity contribution < 1.29 is 18.9 Å². The second-order valence-electron chi connectivity index (χ2n) is 10.9. The maximum atomic E-state index is 6.12. The lowest BCUT2D eigenvalue weighted by Gasteiger charge is -2.30. The van der Waals surface area contributed by atoms with Crippen molar-refractivity contribution in [2.75, 3.05) is 0 Å². The van der Waals surface area contributed by atoms with Gasteiger partial charge in [-0.3, -0.25) is 0 Å². The van der Waals surface area contributed by atoms with Crippen molar-refractivity contribution in [2.45, 2.75) is 129 Å². The lowest BCUT2D eigenvalue weighted by atomic mass is 9.74. The van der Waals surface area contributed by atoms with Crippen LogP contribution in [0.1, 0.15) is 109 Å². The predicted molar refractivity (Wildman–Crippen MR) is 146 cm³/mol. The standard InChI is InChI=1S/C32H46O4/c1-5-32(4,26-16-20-30(21-17-26)35-24(2)33-28-12-8-6-9-13-28)27-18-22-31(23-19-27)36-25(3)34-29-14-10-7-11-15-29/h16-25,28-29H,5-15H2,1-4H3. The smallest absolute Gasteiger partial charge is 0.197 e. The average Bonchev–Trinajstić information content (AvgIpc) is 2.90. The van der Waals surface area contributed by atoms with Crippen LogP contribution in [0.15, 0.2) is 48.5 Å². The maximum absolute atomic E-state index is 6.12. The van der Waals surface area contributed by atoms with Crippen LogP contribution in [0.2, 0.25) is 0 Å². The molecule has 2 fully saturated rings. The van der Waals surface area contributed by atoms with Gasteiger partial charge in [-0.05, 0) is 81.3 Å². The summed E-state index contributed by atoms with van der Waals surface area (Å²) < 4.78 is 24.4. The maximum Gasteiger partial charge on any atom is 0.197 e. The highest BCUT2D eigenvalue weighted by atomic mass is 16.7. The molecule has 2 aromatic rings. The third-order valence-corrected chi connectivity index (χ3v) is 8.17. The van der Waals surface area contributed by atoms with Crippen molar-refractivity contribution in [3.8, 4) is 11.5 Å². The molecule has 0 saturated heterocycles. The van der Waals surface area contributed by atoms with Crippen molar-refractivity contribution in [3.05, 3.63) is 59.7 Å². The van der Waals surface area contributed by atoms with E-state index in [0.717, 1.165) is 43.6 Å². The molecule has 0 N–H and O–H groups in total. The van der Waals surface area contributed by atoms with Gasteiger partial charge < -0.3 is 18.9 Å². The van der Waals surface area contributed by atoms with Gasteiger partial charge in [0.15, 0.2) is 12.6 Å². The van der Waals surface area contributed by atoms with Crippen molar-refractivity contribution >= 4 is 0 Å². The molecule has 2 atom stereocenters. The summed E-state index contributed by atoms with van der Waals surface area (Å²) in [5.41, 5.74) is 2.47. The molecule has 0 spiro atoms. The molecule has 2 aromatic carbocycles. The van der Waals surface area contributed by atoms with E-state index >= 15 is 0 Å². The van der Waals surface area contributed by atoms with Gasteiger partial charge in [0.2, 0.25) is 0 Å². The first kappa shape index (κ1) is 27.0. The fourth-order valence-electron chi connectivity index (χ4n) is 5.76. The van der Waals surface area contributed by atoms with E-state index in [9.17, 15) is 0 Å². The summed E-state index contributed by atoms with van der Waals surface area (Å²) in [7, 11) is 0. The number of benzene rings is 2. The number of hydrogen-bond donors (Lipinski definition) is 0. The normalized spacial score (nSPS) is 20.9. The largest absolute Gasteiger partial charge is 0.465 e. The third-order valence-electron chi connectivity index (χ3n) is 8.17. The Bertz CT molecular complexity index is 823. The molecule has 0 amide bonds. The molecule has 2 aliphatic rings. The van der Waals surface area contributed by atoms with Crippen LogP contribution in [-0.4, -0.2) is 24.8 Å². The van der Waals surface area contributed by atoms with Gasteiger partial charge in [0.25, 0.3) is 0 Å². The molecule has 0 heterocycles. The van der Waals surface area contributed by atoms with Gasteiger partial charge in [0.1, 0.15) is 11.5 Å². The average molecular weight is 495 g/mol. The molecule has 4 heteroatoms. The minimum Gasteiger partial charge on any atom is -0.465 e. The van der Waals surface area contributed by atoms with E-state index in [1.807, 2.05) is 13.8 Å². The Kier molecular flexibility index (Phi) is 9.73. The van der Waals surface area contributed by atoms with E-state index in [4.69, 9.17) is 18.9 Å². The monoisotopic (exact) mass is 494 g/mol. The van der Waals surface area contributed by atoms with E-state index in [1.165, 1.54) is 49.7 Å². The van der Waals surface area contributed by atoms with E-state index in [0.29, 0.717) is 12.2 Å². The molecular formula is C32H46O4. The fourth-order valence-corrected chi connectivity index (χ4v) is 5.76. The number of ether oxygens (including phenoxy) is 4. The highest BCUT2D eigenvalue weighted by Gasteiger charge is 2.27. The number of hydrogen-bond acceptors (Lipinski definition) is 4. The summed E-state index contributed by atoms with van der Waals surface area (Å²) in [6.07, 6.45) is 13.5. The van der Waals surface area contributed by atoms with E-state index in [2.05, 4.69) is 62.4 Å². The zero-order valence-electron chi connectivity index (χ0n) is 22.8. The van der Waals surface area contributed by atoms with Gasteiger partial charge in [0, 0.05) is 5.41 Å². The molecule has 0 radical (unpaired) electrons. The first-order valence-corrected chi connectivity index (χ1v) is 14.3. The molecule has 2 aliphatic carbocycles. The van der Waals surface area contributed by atoms with Gasteiger partial charge in [-0.15, -0.1) is 0 Å². The van der Waals surface area contributed by atoms with Crippen LogP contribution in [0.3, 0.4) is 0 Å². The highest BCUT2D eigenvalue weighted by molar-refractivity contribution is 5.42. The Hall–Kier alpha value is -2.04. The minimum absolute atomic E-state index is 0.0918. The summed E-state index contributed by atoms with van der Waals surface area (Å²) in [6.45, 7) is 8.56. The predicted octanol–water partition coefficient (Wildman–Crippen LogP) is 8.55. The van der Waals surface area contributed by atoms with Gasteiger partial charge in [0.05, 0.1) is 12.2 Å². The van der Waals surface area contributed by atoms with Crippen LogP contribution in [0, 0.1) is 0 Å². The summed E-state index contributed by atoms with van der Waals surface area (Å²) in [6, 6.07) is 17.1. The second-order valence-corrected chi connectivity index (χ2v) is 10.9. The topological polar surface area (TPSA) is 36.9 Å². The van der Waals surface area contributed by atoms with Crippen molar-refractivity contribution in [1.82, 2.24) is 0 Å². The Morgan fingerprint density at radius 1 is 0.639 bits per heavy atom. The zero-order chi connectivity index (χ0) is 25.4. The van der Waals surface area contributed by atoms with Crippen molar-refractivity contribution in [2.24, 2.45) is 0 Å². The third kappa shape index (κ3) is 7.26. The molecule has 0 aromatic heterocycles. The summed E-state index contributed by atoms with van der Waals surface area (Å²) >= 11 is 0. The van der Waals surface area contributed by atoms with Crippen LogP contribution in [0.25, 0.3) is 0 Å². The zero-order valence-corrected chi connectivity index (χ0v) is 22.8. The van der Waals surface area contributed by atoms with Gasteiger partial charge >= 0.3 is 0 Å². The molecule has 198 valence electrons. The van der Waals surface area contributed by atoms with Crippen LogP contribution < -0.4 is 9.47 Å². The summed E-state index contributed by atoms with van der Waals surface area (Å²) in [5, 5.41) is 0. The summed E-state index contributed by atoms with van der Waals surface area (Å²) in [5.74, 6) is 1.72. The van der Waals surface area contributed by atoms with E-state index < -0.39 is 0 Å². The Morgan fingerprint density at radius 3 is 1.33 bits per heavy atom. The molecule has 0 bridgehead atoms. The molecule has 2 saturated carbocycles. The molecule has 4 rings (SSSR count). The second kappa shape index (κ2) is 13.0.